The van der Waals surface area contributed by atoms with Crippen LogP contribution < -0.4 is 9.64 Å². The Bertz CT molecular complexity index is 1030. The van der Waals surface area contributed by atoms with E-state index in [4.69, 9.17) is 16.3 Å². The standard InChI is InChI=1S/C27H28ClNO2/c1-29(25-12-6-11-24(28)18-25)27(30)23-10-5-7-20(17-23)19-31-26-15-13-22(14-16-26)21-8-3-2-4-9-21/h5-7,10-18,21H,2-4,8-9,19H2,1H3. The van der Waals surface area contributed by atoms with Crippen molar-refractivity contribution in [3.63, 3.8) is 0 Å². The maximum absolute atomic E-state index is 12.9. The van der Waals surface area contributed by atoms with Crippen molar-refractivity contribution in [3.05, 3.63) is 94.5 Å². The lowest BCUT2D eigenvalue weighted by Crippen LogP contribution is -2.26. The van der Waals surface area contributed by atoms with Gasteiger partial charge in [0.2, 0.25) is 0 Å². The smallest absolute Gasteiger partial charge is 0.258 e. The molecule has 1 aliphatic carbocycles. The fourth-order valence-corrected chi connectivity index (χ4v) is 4.41. The number of carbonyl (C=O) groups excluding carboxylic acids is 1. The minimum Gasteiger partial charge on any atom is -0.489 e. The zero-order valence-corrected chi connectivity index (χ0v) is 18.6. The van der Waals surface area contributed by atoms with Crippen LogP contribution in [-0.4, -0.2) is 13.0 Å². The summed E-state index contributed by atoms with van der Waals surface area (Å²) in [5, 5.41) is 0.605. The minimum atomic E-state index is -0.0825. The fourth-order valence-electron chi connectivity index (χ4n) is 4.23. The number of halogens is 1. The topological polar surface area (TPSA) is 29.5 Å². The fraction of sp³-hybridized carbons (Fsp3) is 0.296. The van der Waals surface area contributed by atoms with Gasteiger partial charge in [-0.15, -0.1) is 0 Å². The van der Waals surface area contributed by atoms with Crippen LogP contribution >= 0.6 is 11.6 Å². The first kappa shape index (κ1) is 21.5. The van der Waals surface area contributed by atoms with E-state index in [0.717, 1.165) is 17.0 Å². The molecule has 0 aromatic heterocycles. The summed E-state index contributed by atoms with van der Waals surface area (Å²) in [6, 6.07) is 23.4. The van der Waals surface area contributed by atoms with Crippen molar-refractivity contribution in [3.8, 4) is 5.75 Å². The molecule has 1 fully saturated rings. The Kier molecular flexibility index (Phi) is 6.93. The summed E-state index contributed by atoms with van der Waals surface area (Å²) < 4.78 is 5.99. The number of rotatable bonds is 6. The number of nitrogens with zero attached hydrogens (tertiary/aromatic N) is 1. The second-order valence-electron chi connectivity index (χ2n) is 8.24. The Morgan fingerprint density at radius 1 is 0.968 bits per heavy atom. The van der Waals surface area contributed by atoms with Gasteiger partial charge in [-0.2, -0.15) is 0 Å². The van der Waals surface area contributed by atoms with E-state index < -0.39 is 0 Å². The highest BCUT2D eigenvalue weighted by molar-refractivity contribution is 6.31. The lowest BCUT2D eigenvalue weighted by atomic mass is 9.84. The molecule has 1 amide bonds. The Morgan fingerprint density at radius 3 is 2.45 bits per heavy atom. The molecule has 0 heterocycles. The molecule has 4 heteroatoms. The summed E-state index contributed by atoms with van der Waals surface area (Å²) in [5.74, 6) is 1.47. The molecule has 0 atom stereocenters. The van der Waals surface area contributed by atoms with Crippen LogP contribution in [0.2, 0.25) is 5.02 Å². The summed E-state index contributed by atoms with van der Waals surface area (Å²) >= 11 is 6.06. The molecule has 0 N–H and O–H groups in total. The van der Waals surface area contributed by atoms with E-state index >= 15 is 0 Å². The number of hydrogen-bond acceptors (Lipinski definition) is 2. The molecule has 0 unspecified atom stereocenters. The Hall–Kier alpha value is -2.78. The number of amides is 1. The molecule has 0 bridgehead atoms. The van der Waals surface area contributed by atoms with Crippen molar-refractivity contribution in [1.82, 2.24) is 0 Å². The Labute approximate surface area is 189 Å². The number of benzene rings is 3. The van der Waals surface area contributed by atoms with Crippen molar-refractivity contribution in [1.29, 1.82) is 0 Å². The largest absolute Gasteiger partial charge is 0.489 e. The predicted molar refractivity (Wildman–Crippen MR) is 127 cm³/mol. The van der Waals surface area contributed by atoms with Crippen molar-refractivity contribution in [2.45, 2.75) is 44.6 Å². The summed E-state index contributed by atoms with van der Waals surface area (Å²) in [7, 11) is 1.75. The molecule has 0 radical (unpaired) electrons. The number of ether oxygens (including phenoxy) is 1. The molecular weight excluding hydrogens is 406 g/mol. The molecule has 3 aromatic carbocycles. The molecule has 4 rings (SSSR count). The normalized spacial score (nSPS) is 14.3. The first-order valence-corrected chi connectivity index (χ1v) is 11.3. The van der Waals surface area contributed by atoms with E-state index in [1.165, 1.54) is 37.7 Å². The second-order valence-corrected chi connectivity index (χ2v) is 8.67. The zero-order valence-electron chi connectivity index (χ0n) is 17.9. The van der Waals surface area contributed by atoms with E-state index in [9.17, 15) is 4.79 Å². The highest BCUT2D eigenvalue weighted by Crippen LogP contribution is 2.33. The quantitative estimate of drug-likeness (QED) is 0.410. The van der Waals surface area contributed by atoms with Crippen LogP contribution in [0, 0.1) is 0 Å². The van der Waals surface area contributed by atoms with Gasteiger partial charge < -0.3 is 9.64 Å². The SMILES string of the molecule is CN(C(=O)c1cccc(COc2ccc(C3CCCCC3)cc2)c1)c1cccc(Cl)c1. The van der Waals surface area contributed by atoms with Crippen molar-refractivity contribution < 1.29 is 9.53 Å². The van der Waals surface area contributed by atoms with Gasteiger partial charge in [-0.05, 0) is 72.4 Å². The molecule has 31 heavy (non-hydrogen) atoms. The second kappa shape index (κ2) is 10.0. The van der Waals surface area contributed by atoms with Crippen LogP contribution in [0.5, 0.6) is 5.75 Å². The van der Waals surface area contributed by atoms with Crippen LogP contribution in [0.3, 0.4) is 0 Å². The molecule has 1 saturated carbocycles. The van der Waals surface area contributed by atoms with Crippen LogP contribution in [0.25, 0.3) is 0 Å². The lowest BCUT2D eigenvalue weighted by molar-refractivity contribution is 0.0993. The van der Waals surface area contributed by atoms with Gasteiger partial charge in [0.1, 0.15) is 12.4 Å². The van der Waals surface area contributed by atoms with Gasteiger partial charge in [-0.1, -0.05) is 61.2 Å². The number of hydrogen-bond donors (Lipinski definition) is 0. The first-order valence-electron chi connectivity index (χ1n) is 11.0. The number of anilines is 1. The minimum absolute atomic E-state index is 0.0825. The zero-order chi connectivity index (χ0) is 21.6. The lowest BCUT2D eigenvalue weighted by Gasteiger charge is -2.22. The van der Waals surface area contributed by atoms with Gasteiger partial charge in [0.25, 0.3) is 5.91 Å². The highest BCUT2D eigenvalue weighted by atomic mass is 35.5. The van der Waals surface area contributed by atoms with Gasteiger partial charge in [-0.25, -0.2) is 0 Å². The summed E-state index contributed by atoms with van der Waals surface area (Å²) in [6.45, 7) is 0.421. The molecule has 0 spiro atoms. The van der Waals surface area contributed by atoms with E-state index in [1.807, 2.05) is 36.4 Å². The van der Waals surface area contributed by atoms with Gasteiger partial charge >= 0.3 is 0 Å². The monoisotopic (exact) mass is 433 g/mol. The Morgan fingerprint density at radius 2 is 1.71 bits per heavy atom. The van der Waals surface area contributed by atoms with Crippen LogP contribution in [0.15, 0.2) is 72.8 Å². The van der Waals surface area contributed by atoms with Crippen LogP contribution in [-0.2, 0) is 6.61 Å². The van der Waals surface area contributed by atoms with Crippen LogP contribution in [0.1, 0.15) is 59.5 Å². The number of carbonyl (C=O) groups is 1. The molecule has 3 aromatic rings. The summed E-state index contributed by atoms with van der Waals surface area (Å²) in [6.07, 6.45) is 6.64. The average Bonchev–Trinajstić information content (AvgIpc) is 2.83. The summed E-state index contributed by atoms with van der Waals surface area (Å²) in [4.78, 5) is 14.5. The van der Waals surface area contributed by atoms with E-state index in [-0.39, 0.29) is 5.91 Å². The molecule has 0 aliphatic heterocycles. The predicted octanol–water partition coefficient (Wildman–Crippen LogP) is 7.24. The van der Waals surface area contributed by atoms with Gasteiger partial charge in [0.05, 0.1) is 0 Å². The molecule has 0 saturated heterocycles. The van der Waals surface area contributed by atoms with Gasteiger partial charge in [-0.3, -0.25) is 4.79 Å². The van der Waals surface area contributed by atoms with E-state index in [1.54, 1.807) is 24.1 Å². The Balaban J connectivity index is 1.38. The maximum Gasteiger partial charge on any atom is 0.258 e. The third kappa shape index (κ3) is 5.48. The first-order chi connectivity index (χ1) is 15.1. The molecule has 3 nitrogen and oxygen atoms in total. The molecular formula is C27H28ClNO2. The highest BCUT2D eigenvalue weighted by Gasteiger charge is 2.16. The molecule has 1 aliphatic rings. The van der Waals surface area contributed by atoms with E-state index in [2.05, 4.69) is 24.3 Å². The van der Waals surface area contributed by atoms with Crippen molar-refractivity contribution >= 4 is 23.2 Å². The van der Waals surface area contributed by atoms with Gasteiger partial charge in [0.15, 0.2) is 0 Å². The third-order valence-corrected chi connectivity index (χ3v) is 6.27. The van der Waals surface area contributed by atoms with Crippen LogP contribution in [0.4, 0.5) is 5.69 Å². The summed E-state index contributed by atoms with van der Waals surface area (Å²) in [5.41, 5.74) is 3.76. The average molecular weight is 434 g/mol. The van der Waals surface area contributed by atoms with E-state index in [0.29, 0.717) is 23.1 Å². The van der Waals surface area contributed by atoms with Gasteiger partial charge in [0, 0.05) is 23.3 Å². The third-order valence-electron chi connectivity index (χ3n) is 6.04. The maximum atomic E-state index is 12.9. The van der Waals surface area contributed by atoms with Crippen molar-refractivity contribution in [2.24, 2.45) is 0 Å². The molecule has 160 valence electrons. The van der Waals surface area contributed by atoms with Crippen molar-refractivity contribution in [2.75, 3.05) is 11.9 Å².